The molecule has 0 aromatic heterocycles. The Balaban J connectivity index is 2.92. The van der Waals surface area contributed by atoms with Crippen LogP contribution in [0, 0.1) is 12.8 Å². The number of aliphatic hydroxyl groups excluding tert-OH is 1. The van der Waals surface area contributed by atoms with Crippen molar-refractivity contribution < 1.29 is 19.8 Å². The zero-order chi connectivity index (χ0) is 16.0. The molecule has 0 bridgehead atoms. The lowest BCUT2D eigenvalue weighted by Gasteiger charge is -2.21. The van der Waals surface area contributed by atoms with Gasteiger partial charge in [-0.15, -0.1) is 0 Å². The third kappa shape index (κ3) is 5.46. The van der Waals surface area contributed by atoms with E-state index in [1.807, 2.05) is 0 Å². The molecule has 0 amide bonds. The number of hydrogen-bond acceptors (Lipinski definition) is 4. The second kappa shape index (κ2) is 8.12. The van der Waals surface area contributed by atoms with Gasteiger partial charge in [0.05, 0.1) is 13.0 Å². The van der Waals surface area contributed by atoms with Crippen molar-refractivity contribution in [3.05, 3.63) is 34.3 Å². The summed E-state index contributed by atoms with van der Waals surface area (Å²) < 4.78 is 0. The fraction of sp³-hybridized carbons (Fsp3) is 0.467. The van der Waals surface area contributed by atoms with E-state index < -0.39 is 11.9 Å². The van der Waals surface area contributed by atoms with Gasteiger partial charge in [0, 0.05) is 29.6 Å². The Labute approximate surface area is 129 Å². The van der Waals surface area contributed by atoms with Gasteiger partial charge in [-0.2, -0.15) is 0 Å². The van der Waals surface area contributed by atoms with Crippen LogP contribution < -0.4 is 0 Å². The molecule has 0 aliphatic rings. The predicted molar refractivity (Wildman–Crippen MR) is 80.8 cm³/mol. The fourth-order valence-electron chi connectivity index (χ4n) is 2.12. The van der Waals surface area contributed by atoms with E-state index >= 15 is 0 Å². The first-order chi connectivity index (χ1) is 9.85. The Hall–Kier alpha value is -1.43. The Morgan fingerprint density at radius 3 is 2.57 bits per heavy atom. The summed E-state index contributed by atoms with van der Waals surface area (Å²) in [5.41, 5.74) is 1.24. The molecule has 0 fully saturated rings. The van der Waals surface area contributed by atoms with E-state index in [0.717, 1.165) is 5.56 Å². The Morgan fingerprint density at radius 1 is 1.38 bits per heavy atom. The van der Waals surface area contributed by atoms with Crippen molar-refractivity contribution in [2.75, 3.05) is 26.7 Å². The second-order valence-corrected chi connectivity index (χ2v) is 5.52. The topological polar surface area (TPSA) is 77.8 Å². The maximum absolute atomic E-state index is 12.5. The number of aliphatic hydroxyl groups is 1. The minimum Gasteiger partial charge on any atom is -0.481 e. The highest BCUT2D eigenvalue weighted by atomic mass is 35.5. The minimum atomic E-state index is -1.02. The highest BCUT2D eigenvalue weighted by molar-refractivity contribution is 6.31. The van der Waals surface area contributed by atoms with Crippen LogP contribution in [0.3, 0.4) is 0 Å². The smallest absolute Gasteiger partial charge is 0.304 e. The molecule has 0 saturated carbocycles. The van der Waals surface area contributed by atoms with Crippen LogP contribution in [0.2, 0.25) is 5.02 Å². The summed E-state index contributed by atoms with van der Waals surface area (Å²) in [6.45, 7) is 2.43. The summed E-state index contributed by atoms with van der Waals surface area (Å²) in [6, 6.07) is 4.92. The predicted octanol–water partition coefficient (Wildman–Crippen LogP) is 1.85. The first-order valence-electron chi connectivity index (χ1n) is 6.66. The summed E-state index contributed by atoms with van der Waals surface area (Å²) in [5, 5.41) is 18.4. The molecule has 1 rings (SSSR count). The number of halogens is 1. The number of aryl methyl sites for hydroxylation is 1. The van der Waals surface area contributed by atoms with E-state index in [1.54, 1.807) is 37.1 Å². The second-order valence-electron chi connectivity index (χ2n) is 5.11. The number of carbonyl (C=O) groups is 2. The van der Waals surface area contributed by atoms with E-state index in [4.69, 9.17) is 21.8 Å². The van der Waals surface area contributed by atoms with Crippen molar-refractivity contribution in [2.24, 2.45) is 5.92 Å². The molecule has 5 nitrogen and oxygen atoms in total. The molecule has 1 atom stereocenters. The minimum absolute atomic E-state index is 0.0372. The lowest BCUT2D eigenvalue weighted by atomic mass is 9.93. The van der Waals surface area contributed by atoms with Gasteiger partial charge in [0.15, 0.2) is 5.78 Å². The van der Waals surface area contributed by atoms with Crippen molar-refractivity contribution in [3.63, 3.8) is 0 Å². The molecule has 0 heterocycles. The van der Waals surface area contributed by atoms with E-state index in [2.05, 4.69) is 0 Å². The largest absolute Gasteiger partial charge is 0.481 e. The van der Waals surface area contributed by atoms with E-state index in [9.17, 15) is 9.59 Å². The number of nitrogens with zero attached hydrogens (tertiary/aromatic N) is 1. The third-order valence-corrected chi connectivity index (χ3v) is 3.67. The summed E-state index contributed by atoms with van der Waals surface area (Å²) in [5.74, 6) is -1.89. The average Bonchev–Trinajstić information content (AvgIpc) is 2.40. The van der Waals surface area contributed by atoms with Crippen LogP contribution in [-0.4, -0.2) is 53.6 Å². The molecule has 0 aliphatic carbocycles. The van der Waals surface area contributed by atoms with Crippen LogP contribution in [0.25, 0.3) is 0 Å². The highest BCUT2D eigenvalue weighted by Crippen LogP contribution is 2.20. The number of carbonyl (C=O) groups excluding carboxylic acids is 1. The molecule has 1 aromatic carbocycles. The number of benzene rings is 1. The van der Waals surface area contributed by atoms with Crippen LogP contribution in [-0.2, 0) is 4.79 Å². The molecule has 0 saturated heterocycles. The number of carboxylic acids is 1. The van der Waals surface area contributed by atoms with Crippen LogP contribution in [0.15, 0.2) is 18.2 Å². The molecule has 116 valence electrons. The first-order valence-corrected chi connectivity index (χ1v) is 7.04. The van der Waals surface area contributed by atoms with Crippen LogP contribution in [0.1, 0.15) is 22.3 Å². The van der Waals surface area contributed by atoms with Gasteiger partial charge >= 0.3 is 5.97 Å². The molecule has 0 aliphatic heterocycles. The lowest BCUT2D eigenvalue weighted by Crippen LogP contribution is -2.33. The third-order valence-electron chi connectivity index (χ3n) is 3.25. The van der Waals surface area contributed by atoms with Crippen LogP contribution in [0.4, 0.5) is 0 Å². The van der Waals surface area contributed by atoms with Gasteiger partial charge in [0.1, 0.15) is 0 Å². The molecule has 1 unspecified atom stereocenters. The highest BCUT2D eigenvalue weighted by Gasteiger charge is 2.24. The Morgan fingerprint density at radius 2 is 2.05 bits per heavy atom. The van der Waals surface area contributed by atoms with Crippen molar-refractivity contribution in [2.45, 2.75) is 13.3 Å². The Bertz CT molecular complexity index is 518. The number of carboxylic acid groups (broad SMARTS) is 1. The maximum atomic E-state index is 12.5. The zero-order valence-corrected chi connectivity index (χ0v) is 12.9. The summed E-state index contributed by atoms with van der Waals surface area (Å²) >= 11 is 5.93. The summed E-state index contributed by atoms with van der Waals surface area (Å²) in [7, 11) is 1.74. The number of Topliss-reactive ketones (excluding diaryl/α,β-unsaturated/α-hetero) is 1. The SMILES string of the molecule is Cc1cc(C(=O)C(CC(=O)O)CN(C)CCO)ccc1Cl. The van der Waals surface area contributed by atoms with Gasteiger partial charge < -0.3 is 15.1 Å². The van der Waals surface area contributed by atoms with Gasteiger partial charge in [-0.05, 0) is 37.7 Å². The van der Waals surface area contributed by atoms with E-state index in [0.29, 0.717) is 17.1 Å². The summed E-state index contributed by atoms with van der Waals surface area (Å²) in [6.07, 6.45) is -0.240. The molecule has 1 aromatic rings. The van der Waals surface area contributed by atoms with Crippen molar-refractivity contribution >= 4 is 23.4 Å². The van der Waals surface area contributed by atoms with Gasteiger partial charge in [0.2, 0.25) is 0 Å². The van der Waals surface area contributed by atoms with E-state index in [1.165, 1.54) is 0 Å². The molecule has 0 radical (unpaired) electrons. The van der Waals surface area contributed by atoms with Crippen LogP contribution >= 0.6 is 11.6 Å². The van der Waals surface area contributed by atoms with Crippen molar-refractivity contribution in [1.29, 1.82) is 0 Å². The standard InChI is InChI=1S/C15H20ClNO4/c1-10-7-11(3-4-13(10)16)15(21)12(8-14(19)20)9-17(2)5-6-18/h3-4,7,12,18H,5-6,8-9H2,1-2H3,(H,19,20). The molecular formula is C15H20ClNO4. The number of aliphatic carboxylic acids is 1. The van der Waals surface area contributed by atoms with Crippen molar-refractivity contribution in [3.8, 4) is 0 Å². The number of hydrogen-bond donors (Lipinski definition) is 2. The monoisotopic (exact) mass is 313 g/mol. The van der Waals surface area contributed by atoms with Crippen molar-refractivity contribution in [1.82, 2.24) is 4.90 Å². The fourth-order valence-corrected chi connectivity index (χ4v) is 2.24. The van der Waals surface area contributed by atoms with E-state index in [-0.39, 0.29) is 25.4 Å². The molecule has 6 heteroatoms. The van der Waals surface area contributed by atoms with Gasteiger partial charge in [-0.1, -0.05) is 11.6 Å². The normalized spacial score (nSPS) is 12.4. The van der Waals surface area contributed by atoms with Gasteiger partial charge in [-0.25, -0.2) is 0 Å². The average molecular weight is 314 g/mol. The first kappa shape index (κ1) is 17.6. The lowest BCUT2D eigenvalue weighted by molar-refractivity contribution is -0.137. The summed E-state index contributed by atoms with van der Waals surface area (Å²) in [4.78, 5) is 25.2. The Kier molecular flexibility index (Phi) is 6.81. The zero-order valence-electron chi connectivity index (χ0n) is 12.2. The molecule has 0 spiro atoms. The van der Waals surface area contributed by atoms with Gasteiger partial charge in [-0.3, -0.25) is 9.59 Å². The number of rotatable bonds is 8. The number of likely N-dealkylation sites (N-methyl/N-ethyl adjacent to an activating group) is 1. The molecule has 21 heavy (non-hydrogen) atoms. The molecular weight excluding hydrogens is 294 g/mol. The molecule has 2 N–H and O–H groups in total. The quantitative estimate of drug-likeness (QED) is 0.716. The maximum Gasteiger partial charge on any atom is 0.304 e. The number of ketones is 1. The van der Waals surface area contributed by atoms with Crippen LogP contribution in [0.5, 0.6) is 0 Å². The van der Waals surface area contributed by atoms with Gasteiger partial charge in [0.25, 0.3) is 0 Å².